The molecule has 5 nitrogen and oxygen atoms in total. The number of thioether (sulfide) groups is 1. The van der Waals surface area contributed by atoms with Gasteiger partial charge in [-0.25, -0.2) is 0 Å². The summed E-state index contributed by atoms with van der Waals surface area (Å²) >= 11 is 4.81. The second kappa shape index (κ2) is 7.44. The molecule has 1 N–H and O–H groups in total. The van der Waals surface area contributed by atoms with Crippen LogP contribution in [0, 0.1) is 0 Å². The summed E-state index contributed by atoms with van der Waals surface area (Å²) in [4.78, 5) is 11.0. The molecule has 0 bridgehead atoms. The first-order chi connectivity index (χ1) is 9.69. The van der Waals surface area contributed by atoms with Gasteiger partial charge in [0.15, 0.2) is 5.17 Å². The normalized spacial score (nSPS) is 16.9. The first-order valence-corrected chi connectivity index (χ1v) is 7.93. The van der Waals surface area contributed by atoms with Crippen molar-refractivity contribution in [1.29, 1.82) is 0 Å². The van der Waals surface area contributed by atoms with Gasteiger partial charge >= 0.3 is 0 Å². The molecule has 1 amide bonds. The van der Waals surface area contributed by atoms with E-state index in [1.54, 1.807) is 6.21 Å². The van der Waals surface area contributed by atoms with Gasteiger partial charge in [-0.1, -0.05) is 18.7 Å². The number of rotatable bonds is 5. The van der Waals surface area contributed by atoms with E-state index >= 15 is 0 Å². The van der Waals surface area contributed by atoms with Crippen molar-refractivity contribution in [3.8, 4) is 5.75 Å². The minimum atomic E-state index is -0.0379. The summed E-state index contributed by atoms with van der Waals surface area (Å²) in [6, 6.07) is 5.70. The lowest BCUT2D eigenvalue weighted by Crippen LogP contribution is -2.19. The zero-order valence-corrected chi connectivity index (χ0v) is 13.3. The Hall–Kier alpha value is -1.34. The lowest BCUT2D eigenvalue weighted by molar-refractivity contribution is -0.116. The van der Waals surface area contributed by atoms with Gasteiger partial charge in [-0.3, -0.25) is 4.79 Å². The summed E-state index contributed by atoms with van der Waals surface area (Å²) in [7, 11) is 0. The fourth-order valence-corrected chi connectivity index (χ4v) is 2.60. The quantitative estimate of drug-likeness (QED) is 0.652. The molecule has 1 aliphatic rings. The number of ether oxygens (including phenoxy) is 1. The number of hydrogen-bond acceptors (Lipinski definition) is 5. The number of nitrogens with zero attached hydrogens (tertiary/aromatic N) is 2. The molecule has 0 spiro atoms. The highest BCUT2D eigenvalue weighted by Gasteiger charge is 2.15. The molecule has 1 saturated heterocycles. The zero-order chi connectivity index (χ0) is 14.4. The highest BCUT2D eigenvalue weighted by Crippen LogP contribution is 2.25. The Labute approximate surface area is 130 Å². The Balaban J connectivity index is 1.99. The number of amides is 1. The molecule has 0 radical (unpaired) electrons. The minimum Gasteiger partial charge on any atom is -0.492 e. The van der Waals surface area contributed by atoms with E-state index in [4.69, 9.17) is 4.74 Å². The van der Waals surface area contributed by atoms with Crippen molar-refractivity contribution in [2.75, 3.05) is 12.4 Å². The number of halogens is 1. The summed E-state index contributed by atoms with van der Waals surface area (Å²) in [6.45, 7) is 2.75. The van der Waals surface area contributed by atoms with E-state index in [0.717, 1.165) is 22.2 Å². The van der Waals surface area contributed by atoms with E-state index in [2.05, 4.69) is 38.4 Å². The average Bonchev–Trinajstić information content (AvgIpc) is 2.84. The molecule has 0 saturated carbocycles. The Kier molecular flexibility index (Phi) is 5.60. The van der Waals surface area contributed by atoms with Crippen molar-refractivity contribution in [3.63, 3.8) is 0 Å². The molecule has 1 fully saturated rings. The largest absolute Gasteiger partial charge is 0.492 e. The molecule has 1 aromatic rings. The van der Waals surface area contributed by atoms with Gasteiger partial charge in [-0.15, -0.1) is 5.10 Å². The van der Waals surface area contributed by atoms with Gasteiger partial charge in [0.25, 0.3) is 0 Å². The highest BCUT2D eigenvalue weighted by molar-refractivity contribution is 9.10. The molecule has 1 aliphatic heterocycles. The van der Waals surface area contributed by atoms with E-state index in [1.165, 1.54) is 11.8 Å². The topological polar surface area (TPSA) is 63.1 Å². The molecular weight excluding hydrogens is 342 g/mol. The van der Waals surface area contributed by atoms with Crippen molar-refractivity contribution in [3.05, 3.63) is 28.2 Å². The smallest absolute Gasteiger partial charge is 0.236 e. The second-order valence-corrected chi connectivity index (χ2v) is 5.84. The first-order valence-electron chi connectivity index (χ1n) is 6.15. The third-order valence-corrected chi connectivity index (χ3v) is 3.84. The van der Waals surface area contributed by atoms with Crippen molar-refractivity contribution in [2.24, 2.45) is 10.2 Å². The summed E-state index contributed by atoms with van der Waals surface area (Å²) < 4.78 is 6.45. The fourth-order valence-electron chi connectivity index (χ4n) is 1.45. The van der Waals surface area contributed by atoms with Crippen molar-refractivity contribution in [2.45, 2.75) is 13.3 Å². The first kappa shape index (κ1) is 15.1. The molecule has 0 aliphatic carbocycles. The van der Waals surface area contributed by atoms with Crippen LogP contribution in [0.2, 0.25) is 0 Å². The molecule has 0 unspecified atom stereocenters. The van der Waals surface area contributed by atoms with E-state index < -0.39 is 0 Å². The Morgan fingerprint density at radius 1 is 1.55 bits per heavy atom. The van der Waals surface area contributed by atoms with Crippen LogP contribution < -0.4 is 10.1 Å². The van der Waals surface area contributed by atoms with Gasteiger partial charge < -0.3 is 10.1 Å². The van der Waals surface area contributed by atoms with Crippen LogP contribution in [-0.4, -0.2) is 29.6 Å². The monoisotopic (exact) mass is 355 g/mol. The lowest BCUT2D eigenvalue weighted by Gasteiger charge is -2.06. The maximum atomic E-state index is 11.0. The molecular formula is C13H14BrN3O2S. The molecule has 2 rings (SSSR count). The molecule has 20 heavy (non-hydrogen) atoms. The van der Waals surface area contributed by atoms with Crippen molar-refractivity contribution in [1.82, 2.24) is 5.32 Å². The Bertz CT molecular complexity index is 561. The SMILES string of the molecule is CCCOc1ccc(C=NN=C2NC(=O)CS2)cc1Br. The van der Waals surface area contributed by atoms with Crippen LogP contribution in [0.25, 0.3) is 0 Å². The molecule has 1 aromatic carbocycles. The number of benzene rings is 1. The number of carbonyl (C=O) groups is 1. The predicted molar refractivity (Wildman–Crippen MR) is 85.6 cm³/mol. The lowest BCUT2D eigenvalue weighted by atomic mass is 10.2. The fraction of sp³-hybridized carbons (Fsp3) is 0.308. The maximum Gasteiger partial charge on any atom is 0.236 e. The zero-order valence-electron chi connectivity index (χ0n) is 10.9. The van der Waals surface area contributed by atoms with Gasteiger partial charge in [0, 0.05) is 0 Å². The third kappa shape index (κ3) is 4.35. The second-order valence-electron chi connectivity index (χ2n) is 4.02. The summed E-state index contributed by atoms with van der Waals surface area (Å²) in [6.07, 6.45) is 2.60. The van der Waals surface area contributed by atoms with Crippen LogP contribution in [0.5, 0.6) is 5.75 Å². The van der Waals surface area contributed by atoms with Crippen LogP contribution in [0.3, 0.4) is 0 Å². The van der Waals surface area contributed by atoms with Crippen LogP contribution in [-0.2, 0) is 4.79 Å². The van der Waals surface area contributed by atoms with Gasteiger partial charge in [-0.2, -0.15) is 5.10 Å². The summed E-state index contributed by atoms with van der Waals surface area (Å²) in [5.74, 6) is 1.18. The minimum absolute atomic E-state index is 0.0379. The van der Waals surface area contributed by atoms with E-state index in [9.17, 15) is 4.79 Å². The maximum absolute atomic E-state index is 11.0. The van der Waals surface area contributed by atoms with Crippen molar-refractivity contribution < 1.29 is 9.53 Å². The number of nitrogens with one attached hydrogen (secondary N) is 1. The summed E-state index contributed by atoms with van der Waals surface area (Å²) in [5, 5.41) is 11.0. The van der Waals surface area contributed by atoms with Crippen LogP contribution in [0.4, 0.5) is 0 Å². The Morgan fingerprint density at radius 3 is 3.05 bits per heavy atom. The Morgan fingerprint density at radius 2 is 2.40 bits per heavy atom. The molecule has 0 atom stereocenters. The van der Waals surface area contributed by atoms with E-state index in [-0.39, 0.29) is 5.91 Å². The van der Waals surface area contributed by atoms with E-state index in [0.29, 0.717) is 17.5 Å². The third-order valence-electron chi connectivity index (χ3n) is 2.36. The molecule has 106 valence electrons. The highest BCUT2D eigenvalue weighted by atomic mass is 79.9. The number of carbonyl (C=O) groups excluding carboxylic acids is 1. The van der Waals surface area contributed by atoms with Crippen molar-refractivity contribution >= 4 is 45.0 Å². The predicted octanol–water partition coefficient (Wildman–Crippen LogP) is 2.79. The van der Waals surface area contributed by atoms with Crippen LogP contribution in [0.1, 0.15) is 18.9 Å². The van der Waals surface area contributed by atoms with Crippen LogP contribution in [0.15, 0.2) is 32.9 Å². The number of amidine groups is 1. The molecule has 7 heteroatoms. The van der Waals surface area contributed by atoms with Gasteiger partial charge in [0.2, 0.25) is 5.91 Å². The average molecular weight is 356 g/mol. The number of hydrogen-bond donors (Lipinski definition) is 1. The van der Waals surface area contributed by atoms with Crippen LogP contribution >= 0.6 is 27.7 Å². The van der Waals surface area contributed by atoms with Gasteiger partial charge in [-0.05, 0) is 46.1 Å². The molecule has 0 aromatic heterocycles. The standard InChI is InChI=1S/C13H14BrN3O2S/c1-2-5-19-11-4-3-9(6-10(11)14)7-15-17-13-16-12(18)8-20-13/h3-4,6-7H,2,5,8H2,1H3,(H,16,17,18). The van der Waals surface area contributed by atoms with Gasteiger partial charge in [0.05, 0.1) is 23.0 Å². The summed E-state index contributed by atoms with van der Waals surface area (Å²) in [5.41, 5.74) is 0.902. The van der Waals surface area contributed by atoms with E-state index in [1.807, 2.05) is 18.2 Å². The molecule has 1 heterocycles. The van der Waals surface area contributed by atoms with Gasteiger partial charge in [0.1, 0.15) is 5.75 Å².